The smallest absolute Gasteiger partial charge is 0.162 e. The molecule has 1 heteroatoms. The molecule has 60 valence electrons. The first-order valence-electron chi connectivity index (χ1n) is 4.07. The topological polar surface area (TPSA) is 17.1 Å². The maximum Gasteiger partial charge on any atom is 0.162 e. The third-order valence-corrected chi connectivity index (χ3v) is 2.40. The molecule has 0 bridgehead atoms. The molecule has 1 aromatic rings. The molecule has 1 aromatic carbocycles. The lowest BCUT2D eigenvalue weighted by atomic mass is 9.75. The highest BCUT2D eigenvalue weighted by atomic mass is 16.1. The average Bonchev–Trinajstić information content (AvgIpc) is 2.07. The Kier molecular flexibility index (Phi) is 1.58. The molecule has 1 aliphatic rings. The first-order chi connectivity index (χ1) is 5.83. The van der Waals surface area contributed by atoms with E-state index in [2.05, 4.69) is 12.6 Å². The first kappa shape index (κ1) is 7.29. The third-order valence-electron chi connectivity index (χ3n) is 2.40. The summed E-state index contributed by atoms with van der Waals surface area (Å²) in [6.45, 7) is 3.49. The van der Waals surface area contributed by atoms with Gasteiger partial charge in [0.15, 0.2) is 5.78 Å². The molecule has 1 aliphatic carbocycles. The second-order valence-corrected chi connectivity index (χ2v) is 3.06. The molecular weight excluding hydrogens is 148 g/mol. The van der Waals surface area contributed by atoms with Crippen molar-refractivity contribution in [3.63, 3.8) is 0 Å². The van der Waals surface area contributed by atoms with Gasteiger partial charge in [-0.3, -0.25) is 4.79 Å². The van der Waals surface area contributed by atoms with Gasteiger partial charge in [-0.2, -0.15) is 0 Å². The van der Waals surface area contributed by atoms with Crippen LogP contribution in [0.2, 0.25) is 0 Å². The molecule has 0 aromatic heterocycles. The van der Waals surface area contributed by atoms with Crippen LogP contribution in [0.25, 0.3) is 0 Å². The van der Waals surface area contributed by atoms with E-state index in [9.17, 15) is 4.79 Å². The minimum absolute atomic E-state index is 0.0960. The largest absolute Gasteiger partial charge is 0.294 e. The molecule has 1 atom stereocenters. The van der Waals surface area contributed by atoms with Gasteiger partial charge in [0.1, 0.15) is 0 Å². The van der Waals surface area contributed by atoms with Gasteiger partial charge >= 0.3 is 0 Å². The van der Waals surface area contributed by atoms with E-state index in [1.807, 2.05) is 18.2 Å². The fourth-order valence-electron chi connectivity index (χ4n) is 1.65. The van der Waals surface area contributed by atoms with Crippen molar-refractivity contribution in [3.05, 3.63) is 48.0 Å². The highest BCUT2D eigenvalue weighted by Crippen LogP contribution is 2.35. The van der Waals surface area contributed by atoms with Crippen molar-refractivity contribution < 1.29 is 4.79 Å². The Labute approximate surface area is 71.7 Å². The molecule has 0 amide bonds. The van der Waals surface area contributed by atoms with E-state index in [0.29, 0.717) is 0 Å². The highest BCUT2D eigenvalue weighted by Gasteiger charge is 2.29. The quantitative estimate of drug-likeness (QED) is 0.602. The maximum absolute atomic E-state index is 11.2. The standard InChI is InChI=1S/C11H10O/c1-2-11(12)10-7-8-5-3-4-6-9(8)10/h2-6,10H,1,7H2. The zero-order valence-corrected chi connectivity index (χ0v) is 6.79. The molecule has 2 rings (SSSR count). The van der Waals surface area contributed by atoms with E-state index in [1.54, 1.807) is 0 Å². The van der Waals surface area contributed by atoms with Crippen LogP contribution in [0.5, 0.6) is 0 Å². The van der Waals surface area contributed by atoms with E-state index >= 15 is 0 Å². The van der Waals surface area contributed by atoms with E-state index < -0.39 is 0 Å². The van der Waals surface area contributed by atoms with Crippen LogP contribution in [0, 0.1) is 0 Å². The predicted octanol–water partition coefficient (Wildman–Crippen LogP) is 2.08. The number of allylic oxidation sites excluding steroid dienone is 1. The van der Waals surface area contributed by atoms with E-state index in [4.69, 9.17) is 0 Å². The molecule has 0 saturated heterocycles. The van der Waals surface area contributed by atoms with Crippen LogP contribution in [0.4, 0.5) is 0 Å². The summed E-state index contributed by atoms with van der Waals surface area (Å²) < 4.78 is 0. The summed E-state index contributed by atoms with van der Waals surface area (Å²) in [7, 11) is 0. The number of fused-ring (bicyclic) bond motifs is 1. The number of hydrogen-bond acceptors (Lipinski definition) is 1. The minimum Gasteiger partial charge on any atom is -0.294 e. The van der Waals surface area contributed by atoms with Crippen LogP contribution in [0.1, 0.15) is 17.0 Å². The zero-order valence-electron chi connectivity index (χ0n) is 6.79. The SMILES string of the molecule is C=CC(=O)C1Cc2ccccc21. The second kappa shape index (κ2) is 2.59. The molecule has 0 N–H and O–H groups in total. The van der Waals surface area contributed by atoms with E-state index in [-0.39, 0.29) is 11.7 Å². The molecule has 0 fully saturated rings. The van der Waals surface area contributed by atoms with Crippen molar-refractivity contribution >= 4 is 5.78 Å². The monoisotopic (exact) mass is 158 g/mol. The lowest BCUT2D eigenvalue weighted by molar-refractivity contribution is -0.116. The molecule has 0 heterocycles. The second-order valence-electron chi connectivity index (χ2n) is 3.06. The first-order valence-corrected chi connectivity index (χ1v) is 4.07. The summed E-state index contributed by atoms with van der Waals surface area (Å²) in [6.07, 6.45) is 2.31. The molecule has 1 unspecified atom stereocenters. The number of ketones is 1. The summed E-state index contributed by atoms with van der Waals surface area (Å²) in [5.74, 6) is 0.243. The van der Waals surface area contributed by atoms with Crippen LogP contribution < -0.4 is 0 Å². The number of benzene rings is 1. The van der Waals surface area contributed by atoms with Crippen molar-refractivity contribution in [1.82, 2.24) is 0 Å². The molecule has 0 radical (unpaired) electrons. The lowest BCUT2D eigenvalue weighted by Crippen LogP contribution is -2.23. The normalized spacial score (nSPS) is 19.2. The summed E-state index contributed by atoms with van der Waals surface area (Å²) in [5.41, 5.74) is 2.49. The van der Waals surface area contributed by atoms with Crippen LogP contribution in [0.15, 0.2) is 36.9 Å². The van der Waals surface area contributed by atoms with Gasteiger partial charge in [0.2, 0.25) is 0 Å². The van der Waals surface area contributed by atoms with Crippen molar-refractivity contribution in [2.24, 2.45) is 0 Å². The van der Waals surface area contributed by atoms with Gasteiger partial charge in [-0.05, 0) is 23.6 Å². The van der Waals surface area contributed by atoms with Crippen LogP contribution >= 0.6 is 0 Å². The van der Waals surface area contributed by atoms with Gasteiger partial charge in [-0.15, -0.1) is 0 Å². The Morgan fingerprint density at radius 3 is 2.92 bits per heavy atom. The summed E-state index contributed by atoms with van der Waals surface area (Å²) in [5, 5.41) is 0. The Balaban J connectivity index is 2.31. The van der Waals surface area contributed by atoms with Gasteiger partial charge in [0, 0.05) is 0 Å². The van der Waals surface area contributed by atoms with E-state index in [0.717, 1.165) is 6.42 Å². The number of rotatable bonds is 2. The Morgan fingerprint density at radius 1 is 1.50 bits per heavy atom. The molecule has 0 saturated carbocycles. The average molecular weight is 158 g/mol. The summed E-state index contributed by atoms with van der Waals surface area (Å²) >= 11 is 0. The predicted molar refractivity (Wildman–Crippen MR) is 48.1 cm³/mol. The molecule has 1 nitrogen and oxygen atoms in total. The minimum atomic E-state index is 0.0960. The molecule has 0 aliphatic heterocycles. The molecule has 12 heavy (non-hydrogen) atoms. The van der Waals surface area contributed by atoms with Gasteiger partial charge in [0.05, 0.1) is 5.92 Å². The maximum atomic E-state index is 11.2. The van der Waals surface area contributed by atoms with Gasteiger partial charge < -0.3 is 0 Å². The number of carbonyl (C=O) groups excluding carboxylic acids is 1. The number of carbonyl (C=O) groups is 1. The van der Waals surface area contributed by atoms with Gasteiger partial charge in [-0.25, -0.2) is 0 Å². The van der Waals surface area contributed by atoms with Crippen molar-refractivity contribution in [2.75, 3.05) is 0 Å². The molecular formula is C11H10O. The fourth-order valence-corrected chi connectivity index (χ4v) is 1.65. The van der Waals surface area contributed by atoms with Crippen LogP contribution in [0.3, 0.4) is 0 Å². The Morgan fingerprint density at radius 2 is 2.25 bits per heavy atom. The summed E-state index contributed by atoms with van der Waals surface area (Å²) in [6, 6.07) is 8.07. The third kappa shape index (κ3) is 0.900. The van der Waals surface area contributed by atoms with Crippen LogP contribution in [-0.2, 0) is 11.2 Å². The van der Waals surface area contributed by atoms with Gasteiger partial charge in [-0.1, -0.05) is 30.8 Å². The van der Waals surface area contributed by atoms with Gasteiger partial charge in [0.25, 0.3) is 0 Å². The summed E-state index contributed by atoms with van der Waals surface area (Å²) in [4.78, 5) is 11.2. The van der Waals surface area contributed by atoms with E-state index in [1.165, 1.54) is 17.2 Å². The Bertz CT molecular complexity index is 339. The van der Waals surface area contributed by atoms with Crippen molar-refractivity contribution in [3.8, 4) is 0 Å². The van der Waals surface area contributed by atoms with Crippen molar-refractivity contribution in [2.45, 2.75) is 12.3 Å². The van der Waals surface area contributed by atoms with Crippen molar-refractivity contribution in [1.29, 1.82) is 0 Å². The zero-order chi connectivity index (χ0) is 8.55. The highest BCUT2D eigenvalue weighted by molar-refractivity contribution is 5.97. The number of hydrogen-bond donors (Lipinski definition) is 0. The fraction of sp³-hybridized carbons (Fsp3) is 0.182. The molecule has 0 spiro atoms. The Hall–Kier alpha value is -1.37. The van der Waals surface area contributed by atoms with Crippen LogP contribution in [-0.4, -0.2) is 5.78 Å². The lowest BCUT2D eigenvalue weighted by Gasteiger charge is -2.27.